The Morgan fingerprint density at radius 1 is 1.11 bits per heavy atom. The average Bonchev–Trinajstić information content (AvgIpc) is 2.82. The Morgan fingerprint density at radius 2 is 1.72 bits per heavy atom. The lowest BCUT2D eigenvalue weighted by Gasteiger charge is -2.57. The molecule has 0 heterocycles. The molecule has 0 aliphatic heterocycles. The van der Waals surface area contributed by atoms with Crippen molar-refractivity contribution >= 4 is 27.8 Å². The summed E-state index contributed by atoms with van der Waals surface area (Å²) in [5.41, 5.74) is 4.98. The predicted molar refractivity (Wildman–Crippen MR) is 139 cm³/mol. The number of hydrogen-bond acceptors (Lipinski definition) is 6. The number of hydrogen-bond donors (Lipinski definition) is 2. The van der Waals surface area contributed by atoms with Gasteiger partial charge in [0, 0.05) is 0 Å². The zero-order valence-corrected chi connectivity index (χ0v) is 21.5. The van der Waals surface area contributed by atoms with Gasteiger partial charge in [-0.25, -0.2) is 13.8 Å². The Hall–Kier alpha value is -3.07. The van der Waals surface area contributed by atoms with Crippen molar-refractivity contribution < 1.29 is 23.1 Å². The second-order valence-electron chi connectivity index (χ2n) is 10.7. The molecule has 4 saturated carbocycles. The molecule has 4 aliphatic carbocycles. The first kappa shape index (κ1) is 24.6. The summed E-state index contributed by atoms with van der Waals surface area (Å²) < 4.78 is 31.2. The molecular weight excluding hydrogens is 478 g/mol. The minimum Gasteiger partial charge on any atom is -0.504 e. The highest BCUT2D eigenvalue weighted by molar-refractivity contribution is 7.92. The van der Waals surface area contributed by atoms with E-state index in [1.165, 1.54) is 63.5 Å². The number of carbonyl (C=O) groups excluding carboxylic acids is 1. The average molecular weight is 512 g/mol. The van der Waals surface area contributed by atoms with Crippen molar-refractivity contribution in [1.29, 1.82) is 0 Å². The van der Waals surface area contributed by atoms with Gasteiger partial charge in [-0.15, -0.1) is 0 Å². The molecule has 2 N–H and O–H groups in total. The first-order chi connectivity index (χ1) is 17.1. The second-order valence-corrected chi connectivity index (χ2v) is 12.6. The number of amides is 1. The van der Waals surface area contributed by atoms with Gasteiger partial charge in [0.05, 0.1) is 25.3 Å². The first-order valence-corrected chi connectivity index (χ1v) is 14.3. The van der Waals surface area contributed by atoms with Crippen LogP contribution in [0.2, 0.25) is 0 Å². The van der Waals surface area contributed by atoms with E-state index < -0.39 is 15.9 Å². The van der Waals surface area contributed by atoms with Crippen molar-refractivity contribution in [2.24, 2.45) is 22.9 Å². The number of aromatic hydroxyl groups is 1. The maximum Gasteiger partial charge on any atom is 0.260 e. The molecule has 0 unspecified atom stereocenters. The minimum absolute atomic E-state index is 0.00306. The number of hydrazone groups is 1. The highest BCUT2D eigenvalue weighted by atomic mass is 32.2. The largest absolute Gasteiger partial charge is 0.504 e. The summed E-state index contributed by atoms with van der Waals surface area (Å²) in [4.78, 5) is 12.5. The molecule has 2 aromatic rings. The van der Waals surface area contributed by atoms with Crippen molar-refractivity contribution in [3.8, 4) is 11.5 Å². The van der Waals surface area contributed by atoms with Crippen molar-refractivity contribution in [1.82, 2.24) is 5.43 Å². The van der Waals surface area contributed by atoms with Crippen LogP contribution in [0.5, 0.6) is 11.5 Å². The van der Waals surface area contributed by atoms with Gasteiger partial charge in [0.15, 0.2) is 11.5 Å². The summed E-state index contributed by atoms with van der Waals surface area (Å²) in [6, 6.07) is 12.4. The van der Waals surface area contributed by atoms with Crippen molar-refractivity contribution in [2.75, 3.05) is 24.2 Å². The molecule has 9 heteroatoms. The lowest BCUT2D eigenvalue weighted by Crippen LogP contribution is -2.48. The van der Waals surface area contributed by atoms with Gasteiger partial charge in [-0.05, 0) is 103 Å². The number of ether oxygens (including phenoxy) is 1. The van der Waals surface area contributed by atoms with E-state index >= 15 is 0 Å². The van der Waals surface area contributed by atoms with Gasteiger partial charge in [-0.3, -0.25) is 9.10 Å². The van der Waals surface area contributed by atoms with Crippen LogP contribution in [0.15, 0.2) is 47.6 Å². The fourth-order valence-corrected chi connectivity index (χ4v) is 7.82. The van der Waals surface area contributed by atoms with E-state index in [4.69, 9.17) is 4.74 Å². The third kappa shape index (κ3) is 4.93. The van der Waals surface area contributed by atoms with Crippen LogP contribution < -0.4 is 14.5 Å². The molecule has 4 fully saturated rings. The van der Waals surface area contributed by atoms with E-state index in [1.807, 2.05) is 12.1 Å². The van der Waals surface area contributed by atoms with E-state index in [1.54, 1.807) is 12.1 Å². The lowest BCUT2D eigenvalue weighted by atomic mass is 9.48. The standard InChI is InChI=1S/C27H33N3O5S/c1-35-25-12-18(3-8-24(25)31)16-28-29-26(32)17-30(36(2,33)34)23-6-4-22(5-7-23)27-13-19-9-20(14-27)11-21(10-19)15-27/h3-8,12,16,19-21,31H,9-11,13-15,17H2,1-2H3,(H,29,32)/b28-16-. The van der Waals surface area contributed by atoms with Gasteiger partial charge in [0.2, 0.25) is 10.0 Å². The third-order valence-electron chi connectivity index (χ3n) is 8.10. The van der Waals surface area contributed by atoms with Gasteiger partial charge in [0.1, 0.15) is 6.54 Å². The number of phenols is 1. The maximum atomic E-state index is 12.5. The molecule has 0 aromatic heterocycles. The van der Waals surface area contributed by atoms with Crippen LogP contribution >= 0.6 is 0 Å². The van der Waals surface area contributed by atoms with Gasteiger partial charge in [-0.1, -0.05) is 12.1 Å². The molecule has 4 aliphatic rings. The summed E-state index contributed by atoms with van der Waals surface area (Å²) in [6.45, 7) is -0.383. The number of nitrogens with one attached hydrogen (secondary N) is 1. The molecular formula is C27H33N3O5S. The number of nitrogens with zero attached hydrogens (tertiary/aromatic N) is 2. The molecule has 2 aromatic carbocycles. The number of carbonyl (C=O) groups is 1. The molecule has 0 atom stereocenters. The van der Waals surface area contributed by atoms with Crippen molar-refractivity contribution in [2.45, 2.75) is 43.9 Å². The second kappa shape index (κ2) is 9.42. The molecule has 0 spiro atoms. The Bertz CT molecular complexity index is 1240. The van der Waals surface area contributed by atoms with E-state index in [-0.39, 0.29) is 23.5 Å². The van der Waals surface area contributed by atoms with E-state index in [0.717, 1.165) is 28.3 Å². The zero-order valence-electron chi connectivity index (χ0n) is 20.7. The molecule has 192 valence electrons. The first-order valence-electron chi connectivity index (χ1n) is 12.4. The molecule has 6 rings (SSSR count). The molecule has 0 saturated heterocycles. The van der Waals surface area contributed by atoms with Crippen LogP contribution in [0.1, 0.15) is 49.7 Å². The number of rotatable bonds is 8. The lowest BCUT2D eigenvalue weighted by molar-refractivity contribution is -0.119. The quantitative estimate of drug-likeness (QED) is 0.414. The Morgan fingerprint density at radius 3 is 2.28 bits per heavy atom. The number of sulfonamides is 1. The Kier molecular flexibility index (Phi) is 6.44. The van der Waals surface area contributed by atoms with Crippen LogP contribution in [-0.4, -0.2) is 45.6 Å². The van der Waals surface area contributed by atoms with Gasteiger partial charge in [0.25, 0.3) is 5.91 Å². The van der Waals surface area contributed by atoms with E-state index in [2.05, 4.69) is 22.7 Å². The number of methoxy groups -OCH3 is 1. The zero-order chi connectivity index (χ0) is 25.5. The monoisotopic (exact) mass is 511 g/mol. The van der Waals surface area contributed by atoms with Crippen molar-refractivity contribution in [3.63, 3.8) is 0 Å². The van der Waals surface area contributed by atoms with Crippen LogP contribution in [-0.2, 0) is 20.2 Å². The molecule has 36 heavy (non-hydrogen) atoms. The van der Waals surface area contributed by atoms with Crippen LogP contribution in [0.3, 0.4) is 0 Å². The number of phenolic OH excluding ortho intramolecular Hbond substituents is 1. The summed E-state index contributed by atoms with van der Waals surface area (Å²) in [5, 5.41) is 13.6. The van der Waals surface area contributed by atoms with Crippen molar-refractivity contribution in [3.05, 3.63) is 53.6 Å². The third-order valence-corrected chi connectivity index (χ3v) is 9.24. The summed E-state index contributed by atoms with van der Waals surface area (Å²) >= 11 is 0. The highest BCUT2D eigenvalue weighted by Crippen LogP contribution is 2.60. The number of anilines is 1. The van der Waals surface area contributed by atoms with Gasteiger partial charge in [-0.2, -0.15) is 5.10 Å². The minimum atomic E-state index is -3.69. The highest BCUT2D eigenvalue weighted by Gasteiger charge is 2.51. The normalized spacial score (nSPS) is 26.8. The SMILES string of the molecule is COc1cc(/C=N\NC(=O)CN(c2ccc(C34CC5CC(CC(C5)C3)C4)cc2)S(C)(=O)=O)ccc1O. The number of benzene rings is 2. The van der Waals surface area contributed by atoms with E-state index in [9.17, 15) is 18.3 Å². The fraction of sp³-hybridized carbons (Fsp3) is 0.481. The van der Waals surface area contributed by atoms with Crippen LogP contribution in [0.4, 0.5) is 5.69 Å². The Balaban J connectivity index is 1.27. The topological polar surface area (TPSA) is 108 Å². The van der Waals surface area contributed by atoms with Crippen LogP contribution in [0.25, 0.3) is 0 Å². The smallest absolute Gasteiger partial charge is 0.260 e. The summed E-state index contributed by atoms with van der Waals surface area (Å²) in [6.07, 6.45) is 10.3. The molecule has 1 amide bonds. The molecule has 8 nitrogen and oxygen atoms in total. The Labute approximate surface area is 212 Å². The van der Waals surface area contributed by atoms with Crippen LogP contribution in [0, 0.1) is 17.8 Å². The summed E-state index contributed by atoms with van der Waals surface area (Å²) in [7, 11) is -2.25. The maximum absolute atomic E-state index is 12.5. The van der Waals surface area contributed by atoms with Gasteiger partial charge < -0.3 is 9.84 Å². The van der Waals surface area contributed by atoms with Gasteiger partial charge >= 0.3 is 0 Å². The molecule has 0 radical (unpaired) electrons. The molecule has 4 bridgehead atoms. The fourth-order valence-electron chi connectivity index (χ4n) is 6.96. The summed E-state index contributed by atoms with van der Waals surface area (Å²) in [5.74, 6) is 2.20. The predicted octanol–water partition coefficient (Wildman–Crippen LogP) is 3.78. The van der Waals surface area contributed by atoms with E-state index in [0.29, 0.717) is 11.3 Å².